The van der Waals surface area contributed by atoms with Crippen LogP contribution in [0.25, 0.3) is 16.8 Å². The lowest BCUT2D eigenvalue weighted by Gasteiger charge is -2.14. The van der Waals surface area contributed by atoms with Crippen LogP contribution in [0.3, 0.4) is 0 Å². The summed E-state index contributed by atoms with van der Waals surface area (Å²) in [5, 5.41) is 3.99. The molecule has 0 radical (unpaired) electrons. The molecule has 0 fully saturated rings. The Morgan fingerprint density at radius 1 is 1.00 bits per heavy atom. The maximum absolute atomic E-state index is 13.1. The van der Waals surface area contributed by atoms with Crippen LogP contribution in [-0.2, 0) is 17.1 Å². The van der Waals surface area contributed by atoms with Crippen LogP contribution in [0.15, 0.2) is 42.6 Å². The summed E-state index contributed by atoms with van der Waals surface area (Å²) in [6.07, 6.45) is -8.59. The third-order valence-corrected chi connectivity index (χ3v) is 3.60. The number of fused-ring (bicyclic) bond motifs is 1. The SMILES string of the molecule is CC(=O)Oc1c(-c2cc(C(F)(F)F)cc(C(F)(F)F)c2)nn2ccccc12. The molecule has 0 atom stereocenters. The predicted octanol–water partition coefficient (Wildman–Crippen LogP) is 4.96. The van der Waals surface area contributed by atoms with E-state index in [9.17, 15) is 31.1 Å². The number of pyridine rings is 1. The molecule has 0 bridgehead atoms. The number of carbonyl (C=O) groups is 1. The molecule has 0 amide bonds. The number of rotatable bonds is 2. The summed E-state index contributed by atoms with van der Waals surface area (Å²) in [6.45, 7) is 1.06. The summed E-state index contributed by atoms with van der Waals surface area (Å²) < 4.78 is 84.7. The average molecular weight is 388 g/mol. The molecule has 0 unspecified atom stereocenters. The molecule has 4 nitrogen and oxygen atoms in total. The van der Waals surface area contributed by atoms with Gasteiger partial charge in [-0.2, -0.15) is 31.4 Å². The zero-order valence-corrected chi connectivity index (χ0v) is 13.5. The monoisotopic (exact) mass is 388 g/mol. The van der Waals surface area contributed by atoms with Crippen molar-refractivity contribution in [3.8, 4) is 17.0 Å². The minimum atomic E-state index is -5.00. The van der Waals surface area contributed by atoms with Crippen LogP contribution in [0.2, 0.25) is 0 Å². The van der Waals surface area contributed by atoms with E-state index in [2.05, 4.69) is 5.10 Å². The minimum Gasteiger partial charge on any atom is -0.422 e. The summed E-state index contributed by atoms with van der Waals surface area (Å²) >= 11 is 0. The zero-order chi connectivity index (χ0) is 20.0. The van der Waals surface area contributed by atoms with E-state index in [0.29, 0.717) is 12.1 Å². The van der Waals surface area contributed by atoms with Gasteiger partial charge < -0.3 is 4.74 Å². The van der Waals surface area contributed by atoms with Crippen LogP contribution in [0.1, 0.15) is 18.1 Å². The van der Waals surface area contributed by atoms with Gasteiger partial charge in [-0.3, -0.25) is 4.79 Å². The van der Waals surface area contributed by atoms with Gasteiger partial charge in [-0.15, -0.1) is 0 Å². The minimum absolute atomic E-state index is 0.0187. The second-order valence-corrected chi connectivity index (χ2v) is 5.60. The number of ether oxygens (including phenoxy) is 1. The van der Waals surface area contributed by atoms with Crippen molar-refractivity contribution in [2.24, 2.45) is 0 Å². The third kappa shape index (κ3) is 3.74. The van der Waals surface area contributed by atoms with Crippen LogP contribution < -0.4 is 4.74 Å². The first-order chi connectivity index (χ1) is 12.5. The number of hydrogen-bond acceptors (Lipinski definition) is 3. The first-order valence-corrected chi connectivity index (χ1v) is 7.42. The largest absolute Gasteiger partial charge is 0.422 e. The van der Waals surface area contributed by atoms with Crippen molar-refractivity contribution in [2.45, 2.75) is 19.3 Å². The van der Waals surface area contributed by atoms with Crippen molar-refractivity contribution < 1.29 is 35.9 Å². The molecular weight excluding hydrogens is 378 g/mol. The third-order valence-electron chi connectivity index (χ3n) is 3.60. The molecule has 0 saturated carbocycles. The van der Waals surface area contributed by atoms with Gasteiger partial charge in [0.1, 0.15) is 11.2 Å². The van der Waals surface area contributed by atoms with E-state index in [4.69, 9.17) is 4.74 Å². The molecule has 142 valence electrons. The summed E-state index contributed by atoms with van der Waals surface area (Å²) in [7, 11) is 0. The van der Waals surface area contributed by atoms with Gasteiger partial charge in [-0.05, 0) is 30.3 Å². The molecule has 0 N–H and O–H groups in total. The van der Waals surface area contributed by atoms with Gasteiger partial charge in [0.15, 0.2) is 5.75 Å². The van der Waals surface area contributed by atoms with Gasteiger partial charge in [0.05, 0.1) is 11.1 Å². The fraction of sp³-hybridized carbons (Fsp3) is 0.176. The molecule has 27 heavy (non-hydrogen) atoms. The number of alkyl halides is 6. The van der Waals surface area contributed by atoms with Crippen LogP contribution >= 0.6 is 0 Å². The maximum atomic E-state index is 13.1. The summed E-state index contributed by atoms with van der Waals surface area (Å²) in [4.78, 5) is 11.4. The standard InChI is InChI=1S/C17H10F6N2O2/c1-9(26)27-15-13-4-2-3-5-25(13)24-14(15)10-6-11(16(18,19)20)8-12(7-10)17(21,22)23/h2-8H,1H3. The van der Waals surface area contributed by atoms with Crippen molar-refractivity contribution >= 4 is 11.5 Å². The van der Waals surface area contributed by atoms with E-state index in [1.54, 1.807) is 12.1 Å². The molecule has 3 rings (SSSR count). The van der Waals surface area contributed by atoms with Crippen LogP contribution in [0, 0.1) is 0 Å². The van der Waals surface area contributed by atoms with Crippen molar-refractivity contribution in [3.63, 3.8) is 0 Å². The Hall–Kier alpha value is -3.04. The van der Waals surface area contributed by atoms with E-state index in [1.165, 1.54) is 16.8 Å². The Morgan fingerprint density at radius 3 is 2.11 bits per heavy atom. The van der Waals surface area contributed by atoms with Gasteiger partial charge in [0.2, 0.25) is 0 Å². The van der Waals surface area contributed by atoms with Gasteiger partial charge in [-0.1, -0.05) is 6.07 Å². The number of benzene rings is 1. The Bertz CT molecular complexity index is 988. The molecule has 0 aliphatic carbocycles. The van der Waals surface area contributed by atoms with Gasteiger partial charge >= 0.3 is 18.3 Å². The number of aromatic nitrogens is 2. The van der Waals surface area contributed by atoms with E-state index in [1.807, 2.05) is 0 Å². The van der Waals surface area contributed by atoms with Crippen molar-refractivity contribution in [1.29, 1.82) is 0 Å². The van der Waals surface area contributed by atoms with Crippen molar-refractivity contribution in [2.75, 3.05) is 0 Å². The lowest BCUT2D eigenvalue weighted by Crippen LogP contribution is -2.11. The highest BCUT2D eigenvalue weighted by molar-refractivity contribution is 5.83. The second-order valence-electron chi connectivity index (χ2n) is 5.60. The van der Waals surface area contributed by atoms with Gasteiger partial charge in [0, 0.05) is 18.7 Å². The fourth-order valence-electron chi connectivity index (χ4n) is 2.50. The highest BCUT2D eigenvalue weighted by Crippen LogP contribution is 2.41. The number of nitrogens with zero attached hydrogens (tertiary/aromatic N) is 2. The zero-order valence-electron chi connectivity index (χ0n) is 13.5. The van der Waals surface area contributed by atoms with Crippen LogP contribution in [0.4, 0.5) is 26.3 Å². The Labute approximate surface area is 148 Å². The maximum Gasteiger partial charge on any atom is 0.416 e. The van der Waals surface area contributed by atoms with E-state index >= 15 is 0 Å². The lowest BCUT2D eigenvalue weighted by atomic mass is 10.0. The summed E-state index contributed by atoms with van der Waals surface area (Å²) in [5.74, 6) is -1.02. The summed E-state index contributed by atoms with van der Waals surface area (Å²) in [6, 6.07) is 5.65. The Kier molecular flexibility index (Phi) is 4.37. The number of halogens is 6. The molecule has 0 spiro atoms. The molecule has 1 aromatic carbocycles. The smallest absolute Gasteiger partial charge is 0.416 e. The molecule has 3 aromatic rings. The number of esters is 1. The Balaban J connectivity index is 2.31. The van der Waals surface area contributed by atoms with E-state index < -0.39 is 35.0 Å². The molecule has 0 aliphatic rings. The fourth-order valence-corrected chi connectivity index (χ4v) is 2.50. The van der Waals surface area contributed by atoms with Gasteiger partial charge in [-0.25, -0.2) is 4.52 Å². The molecule has 10 heteroatoms. The highest BCUT2D eigenvalue weighted by Gasteiger charge is 2.37. The van der Waals surface area contributed by atoms with Crippen LogP contribution in [-0.4, -0.2) is 15.6 Å². The summed E-state index contributed by atoms with van der Waals surface area (Å²) in [5.41, 5.74) is -3.55. The van der Waals surface area contributed by atoms with Gasteiger partial charge in [0.25, 0.3) is 0 Å². The first-order valence-electron chi connectivity index (χ1n) is 7.42. The highest BCUT2D eigenvalue weighted by atomic mass is 19.4. The normalized spacial score (nSPS) is 12.4. The first kappa shape index (κ1) is 18.7. The van der Waals surface area contributed by atoms with E-state index in [0.717, 1.165) is 6.92 Å². The predicted molar refractivity (Wildman–Crippen MR) is 81.9 cm³/mol. The second kappa shape index (κ2) is 6.29. The topological polar surface area (TPSA) is 43.6 Å². The number of carbonyl (C=O) groups excluding carboxylic acids is 1. The molecule has 2 heterocycles. The lowest BCUT2D eigenvalue weighted by molar-refractivity contribution is -0.143. The molecule has 0 aliphatic heterocycles. The van der Waals surface area contributed by atoms with E-state index in [-0.39, 0.29) is 23.0 Å². The molecule has 2 aromatic heterocycles. The molecular formula is C17H10F6N2O2. The number of hydrogen-bond donors (Lipinski definition) is 0. The Morgan fingerprint density at radius 2 is 1.59 bits per heavy atom. The van der Waals surface area contributed by atoms with Crippen molar-refractivity contribution in [1.82, 2.24) is 9.61 Å². The quantitative estimate of drug-likeness (QED) is 0.460. The van der Waals surface area contributed by atoms with Crippen LogP contribution in [0.5, 0.6) is 5.75 Å². The average Bonchev–Trinajstić information content (AvgIpc) is 2.91. The molecule has 0 saturated heterocycles. The van der Waals surface area contributed by atoms with Crippen molar-refractivity contribution in [3.05, 3.63) is 53.7 Å².